The van der Waals surface area contributed by atoms with Crippen molar-refractivity contribution in [3.63, 3.8) is 0 Å². The lowest BCUT2D eigenvalue weighted by Gasteiger charge is -2.07. The predicted octanol–water partition coefficient (Wildman–Crippen LogP) is 1.95. The highest BCUT2D eigenvalue weighted by atomic mass is 127. The Hall–Kier alpha value is -0.890. The maximum absolute atomic E-state index is 11.6. The van der Waals surface area contributed by atoms with Gasteiger partial charge >= 0.3 is 5.69 Å². The lowest BCUT2D eigenvalue weighted by atomic mass is 10.2. The van der Waals surface area contributed by atoms with E-state index < -0.39 is 5.69 Å². The van der Waals surface area contributed by atoms with Crippen LogP contribution in [-0.2, 0) is 6.54 Å². The molecular formula is C11H8BrIN2O2. The molecule has 0 unspecified atom stereocenters. The fourth-order valence-electron chi connectivity index (χ4n) is 1.41. The number of hydrogen-bond acceptors (Lipinski definition) is 2. The predicted molar refractivity (Wildman–Crippen MR) is 77.3 cm³/mol. The van der Waals surface area contributed by atoms with Crippen LogP contribution in [0.4, 0.5) is 0 Å². The van der Waals surface area contributed by atoms with Crippen molar-refractivity contribution in [2.75, 3.05) is 0 Å². The minimum absolute atomic E-state index is 0.348. The zero-order valence-corrected chi connectivity index (χ0v) is 12.4. The van der Waals surface area contributed by atoms with Gasteiger partial charge in [0.1, 0.15) is 0 Å². The quantitative estimate of drug-likeness (QED) is 0.775. The van der Waals surface area contributed by atoms with E-state index in [4.69, 9.17) is 0 Å². The molecule has 2 aromatic rings. The Bertz CT molecular complexity index is 663. The van der Waals surface area contributed by atoms with Crippen molar-refractivity contribution in [1.82, 2.24) is 9.55 Å². The molecule has 4 nitrogen and oxygen atoms in total. The lowest BCUT2D eigenvalue weighted by Crippen LogP contribution is -2.31. The summed E-state index contributed by atoms with van der Waals surface area (Å²) in [5.41, 5.74) is 0.239. The SMILES string of the molecule is O=c1[nH]c(=O)n(Cc2ccccc2Br)cc1I. The smallest absolute Gasteiger partial charge is 0.295 e. The molecule has 0 amide bonds. The van der Waals surface area contributed by atoms with Gasteiger partial charge in [0.2, 0.25) is 0 Å². The van der Waals surface area contributed by atoms with Crippen molar-refractivity contribution in [2.45, 2.75) is 6.54 Å². The summed E-state index contributed by atoms with van der Waals surface area (Å²) in [6.45, 7) is 0.424. The van der Waals surface area contributed by atoms with E-state index in [2.05, 4.69) is 20.9 Å². The molecule has 1 aromatic heterocycles. The van der Waals surface area contributed by atoms with Gasteiger partial charge in [-0.3, -0.25) is 14.3 Å². The molecule has 0 fully saturated rings. The van der Waals surface area contributed by atoms with E-state index in [0.717, 1.165) is 10.0 Å². The normalized spacial score (nSPS) is 10.5. The molecule has 0 bridgehead atoms. The maximum atomic E-state index is 11.6. The van der Waals surface area contributed by atoms with Crippen LogP contribution in [0.3, 0.4) is 0 Å². The van der Waals surface area contributed by atoms with E-state index in [-0.39, 0.29) is 5.56 Å². The maximum Gasteiger partial charge on any atom is 0.328 e. The van der Waals surface area contributed by atoms with Crippen LogP contribution < -0.4 is 11.2 Å². The molecule has 1 aromatic carbocycles. The minimum atomic E-state index is -0.397. The molecule has 88 valence electrons. The summed E-state index contributed by atoms with van der Waals surface area (Å²) in [4.78, 5) is 25.1. The van der Waals surface area contributed by atoms with Gasteiger partial charge in [-0.15, -0.1) is 0 Å². The summed E-state index contributed by atoms with van der Waals surface area (Å²) in [5.74, 6) is 0. The molecule has 0 aliphatic heterocycles. The van der Waals surface area contributed by atoms with Gasteiger partial charge in [-0.2, -0.15) is 0 Å². The average Bonchev–Trinajstić information content (AvgIpc) is 2.29. The molecule has 17 heavy (non-hydrogen) atoms. The van der Waals surface area contributed by atoms with Crippen molar-refractivity contribution in [3.8, 4) is 0 Å². The number of benzene rings is 1. The number of H-pyrrole nitrogens is 1. The first kappa shape index (κ1) is 12.6. The Kier molecular flexibility index (Phi) is 3.82. The number of nitrogens with zero attached hydrogens (tertiary/aromatic N) is 1. The van der Waals surface area contributed by atoms with Crippen molar-refractivity contribution in [2.24, 2.45) is 0 Å². The third kappa shape index (κ3) is 2.86. The Morgan fingerprint density at radius 3 is 2.71 bits per heavy atom. The summed E-state index contributed by atoms with van der Waals surface area (Å²) < 4.78 is 2.91. The second kappa shape index (κ2) is 5.18. The van der Waals surface area contributed by atoms with Gasteiger partial charge in [0.15, 0.2) is 0 Å². The first-order chi connectivity index (χ1) is 8.08. The van der Waals surface area contributed by atoms with Crippen LogP contribution in [0.15, 0.2) is 44.5 Å². The van der Waals surface area contributed by atoms with Crippen LogP contribution in [0, 0.1) is 3.57 Å². The van der Waals surface area contributed by atoms with Crippen LogP contribution in [0.2, 0.25) is 0 Å². The van der Waals surface area contributed by atoms with Gasteiger partial charge in [0, 0.05) is 10.7 Å². The van der Waals surface area contributed by atoms with Crippen LogP contribution in [0.25, 0.3) is 0 Å². The van der Waals surface area contributed by atoms with Crippen molar-refractivity contribution >= 4 is 38.5 Å². The lowest BCUT2D eigenvalue weighted by molar-refractivity contribution is 0.713. The molecule has 0 saturated heterocycles. The number of rotatable bonds is 2. The Balaban J connectivity index is 2.44. The van der Waals surface area contributed by atoms with Crippen molar-refractivity contribution < 1.29 is 0 Å². The van der Waals surface area contributed by atoms with E-state index >= 15 is 0 Å². The molecule has 1 N–H and O–H groups in total. The number of aromatic nitrogens is 2. The van der Waals surface area contributed by atoms with E-state index in [0.29, 0.717) is 10.1 Å². The molecule has 0 atom stereocenters. The third-order valence-electron chi connectivity index (χ3n) is 2.27. The zero-order chi connectivity index (χ0) is 12.4. The van der Waals surface area contributed by atoms with Gasteiger partial charge < -0.3 is 0 Å². The van der Waals surface area contributed by atoms with Crippen LogP contribution in [0.5, 0.6) is 0 Å². The fraction of sp³-hybridized carbons (Fsp3) is 0.0909. The second-order valence-electron chi connectivity index (χ2n) is 3.46. The molecule has 0 radical (unpaired) electrons. The highest BCUT2D eigenvalue weighted by Crippen LogP contribution is 2.16. The Morgan fingerprint density at radius 1 is 1.29 bits per heavy atom. The molecule has 2 rings (SSSR count). The summed E-state index contributed by atoms with van der Waals surface area (Å²) in [5, 5.41) is 0. The molecular weight excluding hydrogens is 399 g/mol. The van der Waals surface area contributed by atoms with Gasteiger partial charge in [-0.25, -0.2) is 4.79 Å². The Morgan fingerprint density at radius 2 is 2.00 bits per heavy atom. The van der Waals surface area contributed by atoms with E-state index in [1.807, 2.05) is 46.9 Å². The second-order valence-corrected chi connectivity index (χ2v) is 5.47. The topological polar surface area (TPSA) is 54.9 Å². The molecule has 0 aliphatic carbocycles. The zero-order valence-electron chi connectivity index (χ0n) is 8.61. The Labute approximate surface area is 119 Å². The van der Waals surface area contributed by atoms with Crippen LogP contribution in [0.1, 0.15) is 5.56 Å². The number of aromatic amines is 1. The van der Waals surface area contributed by atoms with Crippen molar-refractivity contribution in [1.29, 1.82) is 0 Å². The van der Waals surface area contributed by atoms with Gasteiger partial charge in [0.25, 0.3) is 5.56 Å². The van der Waals surface area contributed by atoms with Crippen LogP contribution in [-0.4, -0.2) is 9.55 Å². The van der Waals surface area contributed by atoms with Crippen LogP contribution >= 0.6 is 38.5 Å². The minimum Gasteiger partial charge on any atom is -0.295 e. The summed E-state index contributed by atoms with van der Waals surface area (Å²) >= 11 is 5.32. The molecule has 6 heteroatoms. The monoisotopic (exact) mass is 406 g/mol. The highest BCUT2D eigenvalue weighted by Gasteiger charge is 2.04. The largest absolute Gasteiger partial charge is 0.328 e. The number of nitrogens with one attached hydrogen (secondary N) is 1. The van der Waals surface area contributed by atoms with Gasteiger partial charge in [0.05, 0.1) is 10.1 Å². The first-order valence-corrected chi connectivity index (χ1v) is 6.68. The summed E-state index contributed by atoms with van der Waals surface area (Å²) in [6.07, 6.45) is 1.56. The standard InChI is InChI=1S/C11H8BrIN2O2/c12-8-4-2-1-3-7(8)5-15-6-9(13)10(16)14-11(15)17/h1-4,6H,5H2,(H,14,16,17). The molecule has 0 saturated carbocycles. The van der Waals surface area contributed by atoms with Gasteiger partial charge in [-0.1, -0.05) is 34.1 Å². The van der Waals surface area contributed by atoms with Gasteiger partial charge in [-0.05, 0) is 34.2 Å². The third-order valence-corrected chi connectivity index (χ3v) is 3.81. The summed E-state index contributed by atoms with van der Waals surface area (Å²) in [6, 6.07) is 7.65. The molecule has 0 spiro atoms. The van der Waals surface area contributed by atoms with E-state index in [1.54, 1.807) is 6.20 Å². The summed E-state index contributed by atoms with van der Waals surface area (Å²) in [7, 11) is 0. The molecule has 0 aliphatic rings. The first-order valence-electron chi connectivity index (χ1n) is 4.80. The van der Waals surface area contributed by atoms with Crippen molar-refractivity contribution in [3.05, 3.63) is 64.9 Å². The fourth-order valence-corrected chi connectivity index (χ4v) is 2.29. The number of hydrogen-bond donors (Lipinski definition) is 1. The van der Waals surface area contributed by atoms with E-state index in [1.165, 1.54) is 4.57 Å². The number of halogens is 2. The van der Waals surface area contributed by atoms with E-state index in [9.17, 15) is 9.59 Å². The highest BCUT2D eigenvalue weighted by molar-refractivity contribution is 14.1. The average molecular weight is 407 g/mol. The molecule has 1 heterocycles.